The molecule has 0 bridgehead atoms. The van der Waals surface area contributed by atoms with E-state index in [4.69, 9.17) is 16.3 Å². The lowest BCUT2D eigenvalue weighted by atomic mass is 9.89. The number of aliphatic hydroxyl groups is 2. The number of unbranched alkanes of at least 4 members (excludes halogenated alkanes) is 1. The van der Waals surface area contributed by atoms with Gasteiger partial charge in [0, 0.05) is 5.38 Å². The van der Waals surface area contributed by atoms with E-state index in [0.717, 1.165) is 37.0 Å². The van der Waals surface area contributed by atoms with Gasteiger partial charge in [0.05, 0.1) is 6.10 Å². The average Bonchev–Trinajstić information content (AvgIpc) is 2.91. The van der Waals surface area contributed by atoms with Crippen molar-refractivity contribution in [2.24, 2.45) is 11.8 Å². The average molecular weight is 393 g/mol. The molecular weight excluding hydrogens is 360 g/mol. The number of allylic oxidation sites excluding steroid dienone is 3. The van der Waals surface area contributed by atoms with Gasteiger partial charge in [0.15, 0.2) is 0 Å². The van der Waals surface area contributed by atoms with Gasteiger partial charge in [0.1, 0.15) is 18.5 Å². The van der Waals surface area contributed by atoms with Gasteiger partial charge in [-0.2, -0.15) is 0 Å². The summed E-state index contributed by atoms with van der Waals surface area (Å²) in [7, 11) is 0. The van der Waals surface area contributed by atoms with Crippen LogP contribution in [0.4, 0.5) is 0 Å². The number of aliphatic hydroxyl groups excluding tert-OH is 2. The molecule has 1 aliphatic carbocycles. The lowest BCUT2D eigenvalue weighted by Gasteiger charge is -2.20. The highest BCUT2D eigenvalue weighted by Crippen LogP contribution is 2.39. The van der Waals surface area contributed by atoms with Crippen LogP contribution in [0.5, 0.6) is 5.75 Å². The normalized spacial score (nSPS) is 26.9. The molecule has 150 valence electrons. The minimum atomic E-state index is -0.697. The zero-order valence-corrected chi connectivity index (χ0v) is 17.2. The van der Waals surface area contributed by atoms with Crippen LogP contribution in [0.2, 0.25) is 0 Å². The SMILES string of the molecule is CCC/C=C/CCC1C(O)CC(Cl)C1/C=C/C(O)COc1cccc(C)c1. The zero-order valence-electron chi connectivity index (χ0n) is 16.4. The molecule has 27 heavy (non-hydrogen) atoms. The Labute approximate surface area is 168 Å². The summed E-state index contributed by atoms with van der Waals surface area (Å²) in [4.78, 5) is 0. The fourth-order valence-electron chi connectivity index (χ4n) is 3.63. The number of benzene rings is 1. The van der Waals surface area contributed by atoms with Crippen molar-refractivity contribution in [2.75, 3.05) is 6.61 Å². The number of rotatable bonds is 10. The number of hydrogen-bond donors (Lipinski definition) is 2. The fourth-order valence-corrected chi connectivity index (χ4v) is 4.08. The first-order valence-corrected chi connectivity index (χ1v) is 10.5. The van der Waals surface area contributed by atoms with E-state index in [1.54, 1.807) is 6.08 Å². The molecule has 1 aromatic rings. The third-order valence-corrected chi connectivity index (χ3v) is 5.60. The van der Waals surface area contributed by atoms with Crippen LogP contribution in [0, 0.1) is 18.8 Å². The van der Waals surface area contributed by atoms with Crippen LogP contribution in [0.3, 0.4) is 0 Å². The largest absolute Gasteiger partial charge is 0.491 e. The van der Waals surface area contributed by atoms with Crippen molar-refractivity contribution in [1.29, 1.82) is 0 Å². The second kappa shape index (κ2) is 11.5. The Kier molecular flexibility index (Phi) is 9.40. The third kappa shape index (κ3) is 7.33. The standard InChI is InChI=1S/C23H33ClO3/c1-3-4-5-6-7-11-21-20(22(24)15-23(21)26)13-12-18(25)16-27-19-10-8-9-17(2)14-19/h5-6,8-10,12-14,18,20-23,25-26H,3-4,7,11,15-16H2,1-2H3/b6-5+,13-12+. The minimum absolute atomic E-state index is 0.0786. The molecule has 1 aliphatic rings. The Bertz CT molecular complexity index is 613. The van der Waals surface area contributed by atoms with Crippen molar-refractivity contribution < 1.29 is 14.9 Å². The Hall–Kier alpha value is -1.29. The molecule has 0 aromatic heterocycles. The molecular formula is C23H33ClO3. The quantitative estimate of drug-likeness (QED) is 0.433. The molecule has 0 amide bonds. The topological polar surface area (TPSA) is 49.7 Å². The first-order chi connectivity index (χ1) is 13.0. The second-order valence-electron chi connectivity index (χ2n) is 7.48. The van der Waals surface area contributed by atoms with Gasteiger partial charge in [-0.3, -0.25) is 0 Å². The molecule has 3 nitrogen and oxygen atoms in total. The molecule has 1 fully saturated rings. The highest BCUT2D eigenvalue weighted by Gasteiger charge is 2.39. The van der Waals surface area contributed by atoms with Crippen molar-refractivity contribution in [2.45, 2.75) is 63.5 Å². The van der Waals surface area contributed by atoms with E-state index >= 15 is 0 Å². The fraction of sp³-hybridized carbons (Fsp3) is 0.565. The van der Waals surface area contributed by atoms with Gasteiger partial charge >= 0.3 is 0 Å². The summed E-state index contributed by atoms with van der Waals surface area (Å²) in [6.07, 6.45) is 11.8. The maximum Gasteiger partial charge on any atom is 0.119 e. The van der Waals surface area contributed by atoms with Crippen molar-refractivity contribution in [3.05, 3.63) is 54.1 Å². The molecule has 0 aliphatic heterocycles. The molecule has 0 radical (unpaired) electrons. The predicted octanol–water partition coefficient (Wildman–Crippen LogP) is 5.03. The number of halogens is 1. The molecule has 2 rings (SSSR count). The van der Waals surface area contributed by atoms with Gasteiger partial charge in [0.2, 0.25) is 0 Å². The summed E-state index contributed by atoms with van der Waals surface area (Å²) in [6, 6.07) is 7.77. The smallest absolute Gasteiger partial charge is 0.119 e. The van der Waals surface area contributed by atoms with Crippen molar-refractivity contribution >= 4 is 11.6 Å². The highest BCUT2D eigenvalue weighted by atomic mass is 35.5. The molecule has 0 saturated heterocycles. The Balaban J connectivity index is 1.85. The van der Waals surface area contributed by atoms with Crippen LogP contribution < -0.4 is 4.74 Å². The van der Waals surface area contributed by atoms with Gasteiger partial charge < -0.3 is 14.9 Å². The van der Waals surface area contributed by atoms with E-state index < -0.39 is 6.10 Å². The Morgan fingerprint density at radius 1 is 1.30 bits per heavy atom. The molecule has 1 aromatic carbocycles. The summed E-state index contributed by atoms with van der Waals surface area (Å²) < 4.78 is 5.65. The number of hydrogen-bond acceptors (Lipinski definition) is 3. The molecule has 1 saturated carbocycles. The van der Waals surface area contributed by atoms with Crippen LogP contribution in [-0.4, -0.2) is 34.4 Å². The lowest BCUT2D eigenvalue weighted by molar-refractivity contribution is 0.118. The molecule has 4 heteroatoms. The summed E-state index contributed by atoms with van der Waals surface area (Å²) in [5.74, 6) is 0.973. The number of ether oxygens (including phenoxy) is 1. The molecule has 2 N–H and O–H groups in total. The first-order valence-electron chi connectivity index (χ1n) is 10.0. The molecule has 0 spiro atoms. The van der Waals surface area contributed by atoms with E-state index in [9.17, 15) is 10.2 Å². The summed E-state index contributed by atoms with van der Waals surface area (Å²) in [5, 5.41) is 20.5. The lowest BCUT2D eigenvalue weighted by Crippen LogP contribution is -2.20. The van der Waals surface area contributed by atoms with Gasteiger partial charge in [-0.1, -0.05) is 49.8 Å². The number of alkyl halides is 1. The van der Waals surface area contributed by atoms with E-state index in [0.29, 0.717) is 6.42 Å². The molecule has 0 heterocycles. The third-order valence-electron chi connectivity index (χ3n) is 5.13. The summed E-state index contributed by atoms with van der Waals surface area (Å²) >= 11 is 6.46. The van der Waals surface area contributed by atoms with Gasteiger partial charge in [-0.05, 0) is 62.1 Å². The van der Waals surface area contributed by atoms with E-state index in [1.807, 2.05) is 37.3 Å². The van der Waals surface area contributed by atoms with Crippen LogP contribution in [-0.2, 0) is 0 Å². The van der Waals surface area contributed by atoms with E-state index in [1.165, 1.54) is 0 Å². The van der Waals surface area contributed by atoms with Crippen LogP contribution in [0.25, 0.3) is 0 Å². The second-order valence-corrected chi connectivity index (χ2v) is 8.04. The summed E-state index contributed by atoms with van der Waals surface area (Å²) in [6.45, 7) is 4.37. The van der Waals surface area contributed by atoms with E-state index in [2.05, 4.69) is 19.1 Å². The Morgan fingerprint density at radius 2 is 2.07 bits per heavy atom. The van der Waals surface area contributed by atoms with Gasteiger partial charge in [-0.25, -0.2) is 0 Å². The molecule has 5 atom stereocenters. The number of aryl methyl sites for hydroxylation is 1. The van der Waals surface area contributed by atoms with Crippen molar-refractivity contribution in [3.63, 3.8) is 0 Å². The maximum atomic E-state index is 10.3. The monoisotopic (exact) mass is 392 g/mol. The van der Waals surface area contributed by atoms with Crippen LogP contribution in [0.15, 0.2) is 48.6 Å². The predicted molar refractivity (Wildman–Crippen MR) is 112 cm³/mol. The minimum Gasteiger partial charge on any atom is -0.491 e. The molecule has 5 unspecified atom stereocenters. The first kappa shape index (κ1) is 22.0. The van der Waals surface area contributed by atoms with Gasteiger partial charge in [-0.15, -0.1) is 11.6 Å². The van der Waals surface area contributed by atoms with Crippen LogP contribution in [0.1, 0.15) is 44.6 Å². The maximum absolute atomic E-state index is 10.3. The van der Waals surface area contributed by atoms with Crippen molar-refractivity contribution in [1.82, 2.24) is 0 Å². The highest BCUT2D eigenvalue weighted by molar-refractivity contribution is 6.21. The van der Waals surface area contributed by atoms with E-state index in [-0.39, 0.29) is 29.9 Å². The Morgan fingerprint density at radius 3 is 2.81 bits per heavy atom. The van der Waals surface area contributed by atoms with Gasteiger partial charge in [0.25, 0.3) is 0 Å². The van der Waals surface area contributed by atoms with Crippen LogP contribution >= 0.6 is 11.6 Å². The zero-order chi connectivity index (χ0) is 19.6. The van der Waals surface area contributed by atoms with Crippen molar-refractivity contribution in [3.8, 4) is 5.75 Å². The summed E-state index contributed by atoms with van der Waals surface area (Å²) in [5.41, 5.74) is 1.12.